The number of rotatable bonds is 3. The molecule has 26 heavy (non-hydrogen) atoms. The molecule has 132 valence electrons. The third-order valence-corrected chi connectivity index (χ3v) is 3.69. The fourth-order valence-corrected chi connectivity index (χ4v) is 2.57. The molecule has 0 saturated heterocycles. The summed E-state index contributed by atoms with van der Waals surface area (Å²) in [6, 6.07) is 5.99. The number of hydrogen-bond donors (Lipinski definition) is 1. The maximum Gasteiger partial charge on any atom is 0.451 e. The first-order chi connectivity index (χ1) is 12.4. The van der Waals surface area contributed by atoms with Crippen molar-refractivity contribution >= 4 is 5.65 Å². The standard InChI is InChI=1S/C16H10F4N6/c17-10-3-1-2-9(6-10)7-11-14-21-4-5-26(14)8-12(22-11)13-23-15(25-24-13)16(18,19)20/h1-6,8H,7H2,(H,23,24,25). The van der Waals surface area contributed by atoms with E-state index in [9.17, 15) is 17.6 Å². The quantitative estimate of drug-likeness (QED) is 0.568. The topological polar surface area (TPSA) is 71.8 Å². The normalized spacial score (nSPS) is 12.0. The van der Waals surface area contributed by atoms with Crippen LogP contribution in [0.4, 0.5) is 17.6 Å². The molecule has 0 saturated carbocycles. The second-order valence-corrected chi connectivity index (χ2v) is 5.54. The number of halogens is 4. The van der Waals surface area contributed by atoms with E-state index in [1.807, 2.05) is 5.10 Å². The van der Waals surface area contributed by atoms with E-state index < -0.39 is 12.0 Å². The lowest BCUT2D eigenvalue weighted by atomic mass is 10.1. The van der Waals surface area contributed by atoms with Gasteiger partial charge in [0.15, 0.2) is 5.65 Å². The van der Waals surface area contributed by atoms with Gasteiger partial charge in [-0.3, -0.25) is 5.10 Å². The van der Waals surface area contributed by atoms with E-state index in [0.717, 1.165) is 0 Å². The molecule has 6 nitrogen and oxygen atoms in total. The number of nitrogens with one attached hydrogen (secondary N) is 1. The van der Waals surface area contributed by atoms with Crippen LogP contribution in [0.3, 0.4) is 0 Å². The SMILES string of the molecule is Fc1cccc(Cc2nc(-c3n[nH]c(C(F)(F)F)n3)cn3ccnc23)c1. The van der Waals surface area contributed by atoms with Gasteiger partial charge in [0.05, 0.1) is 5.69 Å². The van der Waals surface area contributed by atoms with Crippen LogP contribution in [0.15, 0.2) is 42.9 Å². The Morgan fingerprint density at radius 3 is 2.73 bits per heavy atom. The van der Waals surface area contributed by atoms with E-state index in [1.54, 1.807) is 22.7 Å². The first kappa shape index (κ1) is 16.2. The Bertz CT molecular complexity index is 1080. The first-order valence-corrected chi connectivity index (χ1v) is 7.47. The Balaban J connectivity index is 1.78. The van der Waals surface area contributed by atoms with Crippen molar-refractivity contribution in [2.24, 2.45) is 0 Å². The van der Waals surface area contributed by atoms with E-state index in [2.05, 4.69) is 20.1 Å². The largest absolute Gasteiger partial charge is 0.451 e. The Hall–Kier alpha value is -3.30. The lowest BCUT2D eigenvalue weighted by Gasteiger charge is -2.06. The van der Waals surface area contributed by atoms with Gasteiger partial charge in [0.1, 0.15) is 11.5 Å². The number of H-pyrrole nitrogens is 1. The zero-order valence-electron chi connectivity index (χ0n) is 13.0. The molecule has 0 aliphatic heterocycles. The number of aromatic nitrogens is 6. The Morgan fingerprint density at radius 2 is 2.00 bits per heavy atom. The van der Waals surface area contributed by atoms with Gasteiger partial charge in [0, 0.05) is 25.0 Å². The number of fused-ring (bicyclic) bond motifs is 1. The molecule has 0 atom stereocenters. The van der Waals surface area contributed by atoms with E-state index in [1.165, 1.54) is 24.5 Å². The average Bonchev–Trinajstić information content (AvgIpc) is 3.24. The van der Waals surface area contributed by atoms with Gasteiger partial charge >= 0.3 is 6.18 Å². The van der Waals surface area contributed by atoms with Crippen LogP contribution in [0, 0.1) is 5.82 Å². The summed E-state index contributed by atoms with van der Waals surface area (Å²) in [5, 5.41) is 5.46. The summed E-state index contributed by atoms with van der Waals surface area (Å²) in [6.45, 7) is 0. The van der Waals surface area contributed by atoms with Crippen LogP contribution in [0.1, 0.15) is 17.1 Å². The smallest absolute Gasteiger partial charge is 0.303 e. The molecule has 10 heteroatoms. The molecule has 4 rings (SSSR count). The lowest BCUT2D eigenvalue weighted by Crippen LogP contribution is -2.07. The fourth-order valence-electron chi connectivity index (χ4n) is 2.57. The molecular formula is C16H10F4N6. The summed E-state index contributed by atoms with van der Waals surface area (Å²) in [7, 11) is 0. The van der Waals surface area contributed by atoms with E-state index in [4.69, 9.17) is 0 Å². The molecule has 0 aliphatic carbocycles. The predicted octanol–water partition coefficient (Wildman–Crippen LogP) is 3.26. The van der Waals surface area contributed by atoms with Crippen molar-refractivity contribution in [2.75, 3.05) is 0 Å². The second-order valence-electron chi connectivity index (χ2n) is 5.54. The van der Waals surface area contributed by atoms with Crippen LogP contribution >= 0.6 is 0 Å². The Labute approximate surface area is 143 Å². The molecule has 0 spiro atoms. The zero-order valence-corrected chi connectivity index (χ0v) is 13.0. The number of alkyl halides is 3. The van der Waals surface area contributed by atoms with Gasteiger partial charge in [-0.05, 0) is 17.7 Å². The second kappa shape index (κ2) is 5.90. The predicted molar refractivity (Wildman–Crippen MR) is 82.6 cm³/mol. The molecule has 0 amide bonds. The molecule has 3 heterocycles. The summed E-state index contributed by atoms with van der Waals surface area (Å²) in [5.41, 5.74) is 1.79. The number of nitrogens with zero attached hydrogens (tertiary/aromatic N) is 5. The fraction of sp³-hybridized carbons (Fsp3) is 0.125. The Morgan fingerprint density at radius 1 is 1.15 bits per heavy atom. The summed E-state index contributed by atoms with van der Waals surface area (Å²) in [6.07, 6.45) is 0.278. The van der Waals surface area contributed by atoms with Gasteiger partial charge in [-0.1, -0.05) is 12.1 Å². The van der Waals surface area contributed by atoms with Crippen molar-refractivity contribution in [3.8, 4) is 11.5 Å². The summed E-state index contributed by atoms with van der Waals surface area (Å²) in [4.78, 5) is 12.0. The third-order valence-electron chi connectivity index (χ3n) is 3.69. The summed E-state index contributed by atoms with van der Waals surface area (Å²) in [5.74, 6) is -1.78. The van der Waals surface area contributed by atoms with Gasteiger partial charge in [0.2, 0.25) is 11.6 Å². The number of hydrogen-bond acceptors (Lipinski definition) is 4. The molecule has 0 fully saturated rings. The Kier molecular flexibility index (Phi) is 3.67. The van der Waals surface area contributed by atoms with Crippen molar-refractivity contribution in [2.45, 2.75) is 12.6 Å². The van der Waals surface area contributed by atoms with Gasteiger partial charge in [-0.15, -0.1) is 0 Å². The number of aromatic amines is 1. The first-order valence-electron chi connectivity index (χ1n) is 7.47. The van der Waals surface area contributed by atoms with Crippen molar-refractivity contribution in [1.82, 2.24) is 29.5 Å². The molecule has 0 bridgehead atoms. The number of imidazole rings is 1. The van der Waals surface area contributed by atoms with E-state index in [0.29, 0.717) is 16.9 Å². The van der Waals surface area contributed by atoms with Crippen LogP contribution < -0.4 is 0 Å². The van der Waals surface area contributed by atoms with Crippen molar-refractivity contribution in [3.63, 3.8) is 0 Å². The molecule has 0 unspecified atom stereocenters. The van der Waals surface area contributed by atoms with Gasteiger partial charge < -0.3 is 4.40 Å². The number of benzene rings is 1. The van der Waals surface area contributed by atoms with E-state index >= 15 is 0 Å². The van der Waals surface area contributed by atoms with Crippen LogP contribution in [-0.2, 0) is 12.6 Å². The highest BCUT2D eigenvalue weighted by molar-refractivity contribution is 5.55. The minimum atomic E-state index is -4.63. The van der Waals surface area contributed by atoms with Crippen LogP contribution in [0.2, 0.25) is 0 Å². The van der Waals surface area contributed by atoms with Crippen LogP contribution in [-0.4, -0.2) is 29.5 Å². The van der Waals surface area contributed by atoms with Crippen molar-refractivity contribution < 1.29 is 17.6 Å². The van der Waals surface area contributed by atoms with Crippen LogP contribution in [0.5, 0.6) is 0 Å². The van der Waals surface area contributed by atoms with Gasteiger partial charge in [-0.25, -0.2) is 19.3 Å². The summed E-state index contributed by atoms with van der Waals surface area (Å²) >= 11 is 0. The lowest BCUT2D eigenvalue weighted by molar-refractivity contribution is -0.144. The molecule has 1 N–H and O–H groups in total. The van der Waals surface area contributed by atoms with Crippen molar-refractivity contribution in [3.05, 3.63) is 65.8 Å². The average molecular weight is 362 g/mol. The highest BCUT2D eigenvalue weighted by atomic mass is 19.4. The molecular weight excluding hydrogens is 352 g/mol. The van der Waals surface area contributed by atoms with Gasteiger partial charge in [-0.2, -0.15) is 18.3 Å². The van der Waals surface area contributed by atoms with Crippen LogP contribution in [0.25, 0.3) is 17.2 Å². The van der Waals surface area contributed by atoms with Crippen molar-refractivity contribution in [1.29, 1.82) is 0 Å². The maximum absolute atomic E-state index is 13.4. The molecule has 3 aromatic heterocycles. The molecule has 0 radical (unpaired) electrons. The highest BCUT2D eigenvalue weighted by Crippen LogP contribution is 2.27. The minimum absolute atomic E-state index is 0.147. The summed E-state index contributed by atoms with van der Waals surface area (Å²) < 4.78 is 53.2. The third kappa shape index (κ3) is 3.01. The zero-order chi connectivity index (χ0) is 18.3. The molecule has 4 aromatic rings. The minimum Gasteiger partial charge on any atom is -0.303 e. The monoisotopic (exact) mass is 362 g/mol. The maximum atomic E-state index is 13.4. The van der Waals surface area contributed by atoms with Gasteiger partial charge in [0.25, 0.3) is 0 Å². The highest BCUT2D eigenvalue weighted by Gasteiger charge is 2.35. The molecule has 0 aliphatic rings. The van der Waals surface area contributed by atoms with E-state index in [-0.39, 0.29) is 23.8 Å². The molecule has 1 aromatic carbocycles.